The minimum atomic E-state index is 0. The lowest BCUT2D eigenvalue weighted by molar-refractivity contribution is -0.120. The smallest absolute Gasteiger partial charge is 0.227 e. The van der Waals surface area contributed by atoms with Crippen LogP contribution in [0.4, 0.5) is 5.69 Å². The summed E-state index contributed by atoms with van der Waals surface area (Å²) in [5.41, 5.74) is 7.59. The molecule has 4 nitrogen and oxygen atoms in total. The normalized spacial score (nSPS) is 21.3. The molecule has 0 heterocycles. The fourth-order valence-electron chi connectivity index (χ4n) is 2.78. The van der Waals surface area contributed by atoms with Crippen LogP contribution in [0.1, 0.15) is 24.8 Å². The number of carbonyl (C=O) groups is 1. The van der Waals surface area contributed by atoms with Gasteiger partial charge in [-0.2, -0.15) is 0 Å². The van der Waals surface area contributed by atoms with Gasteiger partial charge in [-0.3, -0.25) is 4.79 Å². The van der Waals surface area contributed by atoms with Gasteiger partial charge in [0.05, 0.1) is 0 Å². The summed E-state index contributed by atoms with van der Waals surface area (Å²) < 4.78 is 0. The number of amides is 1. The Morgan fingerprint density at radius 1 is 1.30 bits per heavy atom. The van der Waals surface area contributed by atoms with E-state index < -0.39 is 0 Å². The monoisotopic (exact) mass is 298 g/mol. The third kappa shape index (κ3) is 4.20. The van der Waals surface area contributed by atoms with Crippen LogP contribution < -0.4 is 11.1 Å². The van der Waals surface area contributed by atoms with Gasteiger partial charge in [0.2, 0.25) is 5.91 Å². The van der Waals surface area contributed by atoms with Crippen LogP contribution in [-0.2, 0) is 11.2 Å². The molecule has 0 saturated heterocycles. The second-order valence-corrected chi connectivity index (χ2v) is 5.19. The minimum Gasteiger partial charge on any atom is -0.396 e. The van der Waals surface area contributed by atoms with Gasteiger partial charge in [-0.1, -0.05) is 18.6 Å². The summed E-state index contributed by atoms with van der Waals surface area (Å²) in [6, 6.07) is 7.63. The first-order valence-corrected chi connectivity index (χ1v) is 6.95. The number of hydrogen-bond acceptors (Lipinski definition) is 3. The predicted molar refractivity (Wildman–Crippen MR) is 83.0 cm³/mol. The van der Waals surface area contributed by atoms with E-state index in [0.29, 0.717) is 18.9 Å². The van der Waals surface area contributed by atoms with Crippen molar-refractivity contribution in [1.82, 2.24) is 0 Å². The number of nitrogens with two attached hydrogens (primary N) is 1. The van der Waals surface area contributed by atoms with E-state index >= 15 is 0 Å². The van der Waals surface area contributed by atoms with E-state index in [1.54, 1.807) is 0 Å². The van der Waals surface area contributed by atoms with E-state index in [0.717, 1.165) is 30.5 Å². The quantitative estimate of drug-likeness (QED) is 0.778. The van der Waals surface area contributed by atoms with Crippen LogP contribution in [0.3, 0.4) is 0 Å². The minimum absolute atomic E-state index is 0. The second kappa shape index (κ2) is 8.25. The van der Waals surface area contributed by atoms with E-state index in [1.807, 2.05) is 24.3 Å². The predicted octanol–water partition coefficient (Wildman–Crippen LogP) is 1.96. The van der Waals surface area contributed by atoms with Crippen LogP contribution in [-0.4, -0.2) is 24.2 Å². The Labute approximate surface area is 126 Å². The summed E-state index contributed by atoms with van der Waals surface area (Å²) in [5.74, 6) is 0.471. The Morgan fingerprint density at radius 2 is 2.00 bits per heavy atom. The summed E-state index contributed by atoms with van der Waals surface area (Å²) >= 11 is 0. The zero-order valence-electron chi connectivity index (χ0n) is 11.5. The maximum absolute atomic E-state index is 12.2. The van der Waals surface area contributed by atoms with E-state index in [1.165, 1.54) is 0 Å². The van der Waals surface area contributed by atoms with Gasteiger partial charge in [0.1, 0.15) is 0 Å². The lowest BCUT2D eigenvalue weighted by atomic mass is 9.95. The summed E-state index contributed by atoms with van der Waals surface area (Å²) in [6.07, 6.45) is 3.74. The average molecular weight is 299 g/mol. The van der Waals surface area contributed by atoms with Gasteiger partial charge in [-0.15, -0.1) is 12.4 Å². The molecule has 4 N–H and O–H groups in total. The Bertz CT molecular complexity index is 422. The number of carbonyl (C=O) groups excluding carboxylic acids is 1. The molecule has 1 aromatic rings. The Kier molecular flexibility index (Phi) is 6.99. The third-order valence-corrected chi connectivity index (χ3v) is 3.92. The lowest BCUT2D eigenvalue weighted by Gasteiger charge is -2.17. The molecule has 2 rings (SSSR count). The van der Waals surface area contributed by atoms with Gasteiger partial charge < -0.3 is 16.2 Å². The summed E-state index contributed by atoms with van der Waals surface area (Å²) in [5, 5.41) is 11.8. The van der Waals surface area contributed by atoms with E-state index in [4.69, 9.17) is 10.8 Å². The van der Waals surface area contributed by atoms with Crippen molar-refractivity contribution in [2.45, 2.75) is 25.7 Å². The van der Waals surface area contributed by atoms with Crippen molar-refractivity contribution in [1.29, 1.82) is 0 Å². The maximum Gasteiger partial charge on any atom is 0.227 e. The molecule has 0 unspecified atom stereocenters. The van der Waals surface area contributed by atoms with Crippen molar-refractivity contribution in [2.24, 2.45) is 17.6 Å². The molecule has 1 aliphatic rings. The third-order valence-electron chi connectivity index (χ3n) is 3.92. The van der Waals surface area contributed by atoms with Crippen molar-refractivity contribution >= 4 is 24.0 Å². The topological polar surface area (TPSA) is 75.4 Å². The van der Waals surface area contributed by atoms with Crippen LogP contribution in [0.25, 0.3) is 0 Å². The Balaban J connectivity index is 0.00000200. The fourth-order valence-corrected chi connectivity index (χ4v) is 2.78. The molecule has 1 saturated carbocycles. The molecular formula is C15H23ClN2O2. The number of anilines is 1. The molecule has 1 fully saturated rings. The van der Waals surface area contributed by atoms with E-state index in [2.05, 4.69) is 5.32 Å². The highest BCUT2D eigenvalue weighted by atomic mass is 35.5. The number of halogens is 1. The van der Waals surface area contributed by atoms with Crippen LogP contribution in [0.5, 0.6) is 0 Å². The average Bonchev–Trinajstić information content (AvgIpc) is 2.90. The van der Waals surface area contributed by atoms with Crippen LogP contribution >= 0.6 is 12.4 Å². The fraction of sp³-hybridized carbons (Fsp3) is 0.533. The molecule has 5 heteroatoms. The van der Waals surface area contributed by atoms with Crippen molar-refractivity contribution in [2.75, 3.05) is 18.5 Å². The van der Waals surface area contributed by atoms with Crippen LogP contribution in [0.15, 0.2) is 24.3 Å². The van der Waals surface area contributed by atoms with Gasteiger partial charge in [0.25, 0.3) is 0 Å². The van der Waals surface area contributed by atoms with Crippen molar-refractivity contribution in [3.8, 4) is 0 Å². The van der Waals surface area contributed by atoms with Crippen LogP contribution in [0, 0.1) is 11.8 Å². The Morgan fingerprint density at radius 3 is 2.60 bits per heavy atom. The molecule has 0 radical (unpaired) electrons. The molecule has 2 atom stereocenters. The summed E-state index contributed by atoms with van der Waals surface area (Å²) in [4.78, 5) is 12.2. The molecule has 112 valence electrons. The maximum atomic E-state index is 12.2. The number of rotatable bonds is 5. The molecule has 0 aromatic heterocycles. The molecule has 1 aliphatic carbocycles. The number of hydrogen-bond donors (Lipinski definition) is 3. The number of aliphatic hydroxyl groups excluding tert-OH is 1. The number of benzene rings is 1. The van der Waals surface area contributed by atoms with Gasteiger partial charge in [-0.25, -0.2) is 0 Å². The number of nitrogens with one attached hydrogen (secondary N) is 1. The lowest BCUT2D eigenvalue weighted by Crippen LogP contribution is -2.29. The highest BCUT2D eigenvalue weighted by Crippen LogP contribution is 2.31. The first-order valence-electron chi connectivity index (χ1n) is 6.95. The highest BCUT2D eigenvalue weighted by molar-refractivity contribution is 5.92. The highest BCUT2D eigenvalue weighted by Gasteiger charge is 2.31. The van der Waals surface area contributed by atoms with Gasteiger partial charge >= 0.3 is 0 Å². The Hall–Kier alpha value is -1.10. The van der Waals surface area contributed by atoms with Crippen molar-refractivity contribution < 1.29 is 9.90 Å². The second-order valence-electron chi connectivity index (χ2n) is 5.19. The standard InChI is InChI=1S/C15H22N2O2.ClH/c16-10-12-2-1-3-14(12)15(19)17-13-6-4-11(5-7-13)8-9-18;/h4-7,12,14,18H,1-3,8-10,16H2,(H,17,19);1H/t12-,14-;/m1./s1. The zero-order valence-corrected chi connectivity index (χ0v) is 12.4. The van der Waals surface area contributed by atoms with Gasteiger partial charge in [0.15, 0.2) is 0 Å². The molecule has 1 aromatic carbocycles. The molecule has 0 aliphatic heterocycles. The summed E-state index contributed by atoms with van der Waals surface area (Å²) in [7, 11) is 0. The molecule has 0 bridgehead atoms. The van der Waals surface area contributed by atoms with E-state index in [-0.39, 0.29) is 30.8 Å². The van der Waals surface area contributed by atoms with Crippen LogP contribution in [0.2, 0.25) is 0 Å². The summed E-state index contributed by atoms with van der Waals surface area (Å²) in [6.45, 7) is 0.736. The van der Waals surface area contributed by atoms with Crippen molar-refractivity contribution in [3.05, 3.63) is 29.8 Å². The first-order chi connectivity index (χ1) is 9.24. The number of aliphatic hydroxyl groups is 1. The molecule has 1 amide bonds. The first kappa shape index (κ1) is 17.0. The zero-order chi connectivity index (χ0) is 13.7. The van der Waals surface area contributed by atoms with Gasteiger partial charge in [-0.05, 0) is 49.4 Å². The van der Waals surface area contributed by atoms with Crippen molar-refractivity contribution in [3.63, 3.8) is 0 Å². The molecular weight excluding hydrogens is 276 g/mol. The van der Waals surface area contributed by atoms with Gasteiger partial charge in [0, 0.05) is 18.2 Å². The molecule has 0 spiro atoms. The molecule has 20 heavy (non-hydrogen) atoms. The largest absolute Gasteiger partial charge is 0.396 e. The SMILES string of the molecule is Cl.NC[C@H]1CCC[C@H]1C(=O)Nc1ccc(CCO)cc1. The van der Waals surface area contributed by atoms with E-state index in [9.17, 15) is 4.79 Å².